The van der Waals surface area contributed by atoms with Crippen molar-refractivity contribution in [3.63, 3.8) is 0 Å². The molecule has 9 nitrogen and oxygen atoms in total. The highest BCUT2D eigenvalue weighted by atomic mass is 79.9. The average molecular weight is 641 g/mol. The van der Waals surface area contributed by atoms with Gasteiger partial charge in [-0.2, -0.15) is 0 Å². The first-order valence-corrected chi connectivity index (χ1v) is 10.9. The van der Waals surface area contributed by atoms with Crippen LogP contribution < -0.4 is 14.0 Å². The zero-order chi connectivity index (χ0) is 23.5. The number of halogens is 3. The predicted octanol–water partition coefficient (Wildman–Crippen LogP) is 3.59. The Morgan fingerprint density at radius 2 is 1.00 bits per heavy atom. The van der Waals surface area contributed by atoms with Crippen LogP contribution in [0.15, 0.2) is 36.4 Å². The van der Waals surface area contributed by atoms with E-state index in [0.29, 0.717) is 16.2 Å². The molecule has 0 fully saturated rings. The third-order valence-electron chi connectivity index (χ3n) is 4.60. The molecule has 0 aromatic heterocycles. The lowest BCUT2D eigenvalue weighted by Crippen LogP contribution is -2.25. The van der Waals surface area contributed by atoms with E-state index in [-0.39, 0.29) is 17.2 Å². The normalized spacial score (nSPS) is 11.1. The summed E-state index contributed by atoms with van der Waals surface area (Å²) in [5, 5.41) is 33.7. The van der Waals surface area contributed by atoms with E-state index in [1.54, 1.807) is 36.4 Å². The van der Waals surface area contributed by atoms with Crippen molar-refractivity contribution in [3.05, 3.63) is 54.6 Å². The Kier molecular flexibility index (Phi) is 8.05. The summed E-state index contributed by atoms with van der Waals surface area (Å²) in [6.45, 7) is 0. The summed E-state index contributed by atoms with van der Waals surface area (Å²) in [6.07, 6.45) is 0. The van der Waals surface area contributed by atoms with Gasteiger partial charge < -0.3 is 29.0 Å². The van der Waals surface area contributed by atoms with Crippen molar-refractivity contribution in [2.24, 2.45) is 0 Å². The SMILES string of the molecule is OB(OBr)Oc1[c]cc2c3c[c][c]cc3c3cc(OB(O)OBr)c(OB(O)OBr)cc3c2c1. The molecule has 0 atom stereocenters. The molecule has 0 saturated carbocycles. The monoisotopic (exact) mass is 639 g/mol. The van der Waals surface area contributed by atoms with Gasteiger partial charge in [0.05, 0.1) is 48.8 Å². The van der Waals surface area contributed by atoms with Crippen molar-refractivity contribution < 1.29 is 40.3 Å². The molecule has 0 spiro atoms. The molecule has 15 heteroatoms. The summed E-state index contributed by atoms with van der Waals surface area (Å²) in [5.74, 6) is 0.286. The number of fused-ring (bicyclic) bond motifs is 6. The van der Waals surface area contributed by atoms with E-state index in [1.807, 2.05) is 0 Å². The predicted molar refractivity (Wildman–Crippen MR) is 131 cm³/mol. The lowest BCUT2D eigenvalue weighted by atomic mass is 9.93. The van der Waals surface area contributed by atoms with E-state index < -0.39 is 22.0 Å². The Morgan fingerprint density at radius 1 is 0.576 bits per heavy atom. The van der Waals surface area contributed by atoms with Gasteiger partial charge in [-0.3, -0.25) is 11.2 Å². The van der Waals surface area contributed by atoms with E-state index in [4.69, 9.17) is 14.0 Å². The minimum absolute atomic E-state index is 0.0318. The molecule has 3 N–H and O–H groups in total. The molecule has 0 heterocycles. The Bertz CT molecular complexity index is 1280. The highest BCUT2D eigenvalue weighted by Crippen LogP contribution is 2.42. The molecule has 0 unspecified atom stereocenters. The smallest absolute Gasteiger partial charge is 0.511 e. The van der Waals surface area contributed by atoms with Gasteiger partial charge in [-0.1, -0.05) is 0 Å². The fourth-order valence-electron chi connectivity index (χ4n) is 3.38. The Labute approximate surface area is 214 Å². The molecule has 0 aliphatic heterocycles. The maximum atomic E-state index is 9.82. The highest BCUT2D eigenvalue weighted by Gasteiger charge is 2.26. The van der Waals surface area contributed by atoms with Crippen molar-refractivity contribution in [1.82, 2.24) is 0 Å². The second kappa shape index (κ2) is 10.8. The highest BCUT2D eigenvalue weighted by molar-refractivity contribution is 9.06. The van der Waals surface area contributed by atoms with Gasteiger partial charge >= 0.3 is 22.0 Å². The maximum Gasteiger partial charge on any atom is 0.721 e. The van der Waals surface area contributed by atoms with Crippen molar-refractivity contribution >= 4 is 103 Å². The summed E-state index contributed by atoms with van der Waals surface area (Å²) < 4.78 is 29.8. The minimum atomic E-state index is -1.68. The third-order valence-corrected chi connectivity index (χ3v) is 5.56. The van der Waals surface area contributed by atoms with Crippen molar-refractivity contribution in [3.8, 4) is 17.2 Å². The molecular weight excluding hydrogens is 632 g/mol. The maximum absolute atomic E-state index is 9.82. The minimum Gasteiger partial charge on any atom is -0.511 e. The van der Waals surface area contributed by atoms with Crippen LogP contribution in [-0.2, 0) is 11.2 Å². The molecular formula is C18H9B3Br3O9. The molecule has 4 aromatic rings. The Hall–Kier alpha value is -1.55. The summed E-state index contributed by atoms with van der Waals surface area (Å²) in [5.41, 5.74) is 0. The first kappa shape index (κ1) is 24.6. The first-order valence-electron chi connectivity index (χ1n) is 8.98. The van der Waals surface area contributed by atoms with Crippen LogP contribution in [0.1, 0.15) is 0 Å². The van der Waals surface area contributed by atoms with Gasteiger partial charge in [-0.15, -0.1) is 0 Å². The van der Waals surface area contributed by atoms with Crippen LogP contribution in [-0.4, -0.2) is 37.0 Å². The Balaban J connectivity index is 2.03. The summed E-state index contributed by atoms with van der Waals surface area (Å²) in [7, 11) is -4.90. The van der Waals surface area contributed by atoms with Gasteiger partial charge in [0, 0.05) is 6.07 Å². The van der Waals surface area contributed by atoms with E-state index in [2.05, 4.69) is 78.2 Å². The second-order valence-electron chi connectivity index (χ2n) is 6.42. The van der Waals surface area contributed by atoms with Crippen LogP contribution in [0.25, 0.3) is 32.3 Å². The van der Waals surface area contributed by atoms with Crippen LogP contribution in [0.4, 0.5) is 0 Å². The largest absolute Gasteiger partial charge is 0.721 e. The van der Waals surface area contributed by atoms with Crippen LogP contribution in [0.3, 0.4) is 0 Å². The molecule has 0 amide bonds. The lowest BCUT2D eigenvalue weighted by molar-refractivity contribution is 0.298. The fraction of sp³-hybridized carbons (Fsp3) is 0. The van der Waals surface area contributed by atoms with E-state index >= 15 is 0 Å². The second-order valence-corrected chi connectivity index (χ2v) is 7.54. The van der Waals surface area contributed by atoms with Gasteiger partial charge in [0.25, 0.3) is 0 Å². The summed E-state index contributed by atoms with van der Waals surface area (Å²) >= 11 is 7.98. The molecule has 3 radical (unpaired) electrons. The quantitative estimate of drug-likeness (QED) is 0.186. The van der Waals surface area contributed by atoms with E-state index in [0.717, 1.165) is 16.2 Å². The molecule has 33 heavy (non-hydrogen) atoms. The third kappa shape index (κ3) is 5.26. The van der Waals surface area contributed by atoms with Crippen molar-refractivity contribution in [2.75, 3.05) is 0 Å². The fourth-order valence-corrected chi connectivity index (χ4v) is 3.61. The summed E-state index contributed by atoms with van der Waals surface area (Å²) in [6, 6.07) is 18.9. The zero-order valence-corrected chi connectivity index (χ0v) is 20.9. The van der Waals surface area contributed by atoms with Crippen LogP contribution in [0.5, 0.6) is 17.2 Å². The lowest BCUT2D eigenvalue weighted by Gasteiger charge is -2.18. The molecule has 0 bridgehead atoms. The molecule has 0 aliphatic rings. The van der Waals surface area contributed by atoms with Gasteiger partial charge in [-0.05, 0) is 80.8 Å². The molecule has 0 saturated heterocycles. The summed E-state index contributed by atoms with van der Waals surface area (Å²) in [4.78, 5) is 0. The van der Waals surface area contributed by atoms with Gasteiger partial charge in [0.2, 0.25) is 0 Å². The van der Waals surface area contributed by atoms with Crippen molar-refractivity contribution in [1.29, 1.82) is 0 Å². The van der Waals surface area contributed by atoms with Crippen LogP contribution in [0, 0.1) is 18.2 Å². The van der Waals surface area contributed by atoms with Gasteiger partial charge in [-0.25, -0.2) is 0 Å². The molecule has 4 aromatic carbocycles. The molecule has 165 valence electrons. The number of hydrogen-bond acceptors (Lipinski definition) is 9. The van der Waals surface area contributed by atoms with E-state index in [9.17, 15) is 15.1 Å². The van der Waals surface area contributed by atoms with Crippen LogP contribution >= 0.6 is 48.8 Å². The number of rotatable bonds is 9. The molecule has 4 rings (SSSR count). The topological polar surface area (TPSA) is 116 Å². The number of hydrogen-bond donors (Lipinski definition) is 3. The number of benzene rings is 4. The van der Waals surface area contributed by atoms with Crippen molar-refractivity contribution in [2.45, 2.75) is 0 Å². The zero-order valence-electron chi connectivity index (χ0n) is 16.1. The Morgan fingerprint density at radius 3 is 1.55 bits per heavy atom. The van der Waals surface area contributed by atoms with E-state index in [1.165, 1.54) is 0 Å². The average Bonchev–Trinajstić information content (AvgIpc) is 2.84. The van der Waals surface area contributed by atoms with Gasteiger partial charge in [0.15, 0.2) is 0 Å². The first-order chi connectivity index (χ1) is 15.9. The molecule has 0 aliphatic carbocycles. The standard InChI is InChI=1S/C18H9B3Br3O9/c22-31-19(25)28-10-5-6-13-11-3-1-2-4-12(11)15-8-17(29-20(26)32-23)18(30-21(27)33-24)9-16(15)14(13)7-10/h3-4,6-9,25-27H. The van der Waals surface area contributed by atoms with Gasteiger partial charge in [0.1, 0.15) is 17.2 Å². The van der Waals surface area contributed by atoms with Crippen LogP contribution in [0.2, 0.25) is 0 Å².